The summed E-state index contributed by atoms with van der Waals surface area (Å²) < 4.78 is 12.0. The highest BCUT2D eigenvalue weighted by atomic mass is 16.5. The fourth-order valence-corrected chi connectivity index (χ4v) is 3.65. The Kier molecular flexibility index (Phi) is 6.31. The molecule has 0 aliphatic carbocycles. The number of nitrogens with zero attached hydrogens (tertiary/aromatic N) is 2. The Bertz CT molecular complexity index is 1470. The molecule has 0 aliphatic heterocycles. The zero-order chi connectivity index (χ0) is 24.9. The zero-order valence-electron chi connectivity index (χ0n) is 19.3. The van der Waals surface area contributed by atoms with Crippen molar-refractivity contribution in [1.82, 2.24) is 9.78 Å². The van der Waals surface area contributed by atoms with Crippen LogP contribution in [0.4, 0.5) is 11.4 Å². The summed E-state index contributed by atoms with van der Waals surface area (Å²) >= 11 is 0. The van der Waals surface area contributed by atoms with Gasteiger partial charge in [-0.25, -0.2) is 4.68 Å². The molecule has 2 N–H and O–H groups in total. The Balaban J connectivity index is 1.39. The van der Waals surface area contributed by atoms with Crippen molar-refractivity contribution in [3.8, 4) is 22.7 Å². The summed E-state index contributed by atoms with van der Waals surface area (Å²) in [6, 6.07) is 27.0. The van der Waals surface area contributed by atoms with Gasteiger partial charge in [0.2, 0.25) is 0 Å². The largest absolute Gasteiger partial charge is 0.497 e. The molecule has 2 aromatic heterocycles. The monoisotopic (exact) mass is 478 g/mol. The van der Waals surface area contributed by atoms with E-state index in [2.05, 4.69) is 10.6 Å². The third kappa shape index (κ3) is 4.88. The number of anilines is 2. The number of benzene rings is 3. The van der Waals surface area contributed by atoms with Gasteiger partial charge in [-0.15, -0.1) is 0 Å². The van der Waals surface area contributed by atoms with Crippen LogP contribution in [0.1, 0.15) is 20.9 Å². The van der Waals surface area contributed by atoms with E-state index in [1.165, 1.54) is 6.26 Å². The van der Waals surface area contributed by atoms with Gasteiger partial charge < -0.3 is 19.8 Å². The Labute approximate surface area is 207 Å². The van der Waals surface area contributed by atoms with Crippen LogP contribution in [0.2, 0.25) is 0 Å². The van der Waals surface area contributed by atoms with Gasteiger partial charge in [0.25, 0.3) is 11.8 Å². The second kappa shape index (κ2) is 10.0. The van der Waals surface area contributed by atoms with Gasteiger partial charge in [-0.1, -0.05) is 18.2 Å². The third-order valence-electron chi connectivity index (χ3n) is 5.49. The summed E-state index contributed by atoms with van der Waals surface area (Å²) in [5.74, 6) is 0.268. The topological polar surface area (TPSA) is 98.4 Å². The highest BCUT2D eigenvalue weighted by molar-refractivity contribution is 6.08. The lowest BCUT2D eigenvalue weighted by Crippen LogP contribution is -2.13. The zero-order valence-corrected chi connectivity index (χ0v) is 19.3. The van der Waals surface area contributed by atoms with Crippen LogP contribution in [-0.2, 0) is 0 Å². The molecule has 3 aromatic carbocycles. The lowest BCUT2D eigenvalue weighted by molar-refractivity contribution is 0.0994. The van der Waals surface area contributed by atoms with Gasteiger partial charge in [-0.3, -0.25) is 9.59 Å². The molecule has 8 heteroatoms. The van der Waals surface area contributed by atoms with Crippen LogP contribution >= 0.6 is 0 Å². The molecule has 5 aromatic rings. The lowest BCUT2D eigenvalue weighted by atomic mass is 10.1. The Morgan fingerprint density at radius 1 is 0.806 bits per heavy atom. The molecular formula is C28H22N4O4. The predicted molar refractivity (Wildman–Crippen MR) is 137 cm³/mol. The van der Waals surface area contributed by atoms with Crippen LogP contribution in [0.5, 0.6) is 5.75 Å². The molecule has 0 bridgehead atoms. The summed E-state index contributed by atoms with van der Waals surface area (Å²) in [5.41, 5.74) is 3.73. The molecule has 0 saturated carbocycles. The number of hydrogen-bond donors (Lipinski definition) is 2. The van der Waals surface area contributed by atoms with Gasteiger partial charge >= 0.3 is 0 Å². The van der Waals surface area contributed by atoms with Gasteiger partial charge in [-0.05, 0) is 72.8 Å². The number of rotatable bonds is 7. The lowest BCUT2D eigenvalue weighted by Gasteiger charge is -2.08. The normalized spacial score (nSPS) is 10.6. The highest BCUT2D eigenvalue weighted by Crippen LogP contribution is 2.27. The highest BCUT2D eigenvalue weighted by Gasteiger charge is 2.19. The van der Waals surface area contributed by atoms with Gasteiger partial charge in [0.15, 0.2) is 5.76 Å². The molecule has 178 valence electrons. The average Bonchev–Trinajstić information content (AvgIpc) is 3.62. The average molecular weight is 479 g/mol. The fraction of sp³-hybridized carbons (Fsp3) is 0.0357. The molecule has 0 atom stereocenters. The second-order valence-corrected chi connectivity index (χ2v) is 7.86. The smallest absolute Gasteiger partial charge is 0.291 e. The van der Waals surface area contributed by atoms with Crippen molar-refractivity contribution in [2.45, 2.75) is 0 Å². The first-order valence-electron chi connectivity index (χ1n) is 11.2. The molecule has 2 amide bonds. The number of ether oxygens (including phenoxy) is 1. The third-order valence-corrected chi connectivity index (χ3v) is 5.49. The molecule has 0 saturated heterocycles. The van der Waals surface area contributed by atoms with Crippen LogP contribution < -0.4 is 15.4 Å². The number of methoxy groups -OCH3 is 1. The van der Waals surface area contributed by atoms with E-state index >= 15 is 0 Å². The quantitative estimate of drug-likeness (QED) is 0.315. The van der Waals surface area contributed by atoms with Crippen molar-refractivity contribution >= 4 is 23.2 Å². The first kappa shape index (κ1) is 22.7. The minimum atomic E-state index is -0.353. The van der Waals surface area contributed by atoms with Gasteiger partial charge in [0, 0.05) is 23.1 Å². The number of hydrogen-bond acceptors (Lipinski definition) is 5. The maximum Gasteiger partial charge on any atom is 0.291 e. The Morgan fingerprint density at radius 3 is 2.08 bits per heavy atom. The van der Waals surface area contributed by atoms with E-state index in [4.69, 9.17) is 14.3 Å². The number of carbonyl (C=O) groups excluding carboxylic acids is 2. The Hall–Kier alpha value is -5.11. The van der Waals surface area contributed by atoms with Crippen molar-refractivity contribution in [2.24, 2.45) is 0 Å². The fourth-order valence-electron chi connectivity index (χ4n) is 3.65. The standard InChI is InChI=1S/C28H22N4O4/c1-35-23-15-9-19(10-16-23)26-24(18-32(31-26)22-6-3-2-4-7-22)27(33)29-20-11-13-21(14-12-20)30-28(34)25-8-5-17-36-25/h2-18H,1H3,(H,29,33)(H,30,34). The van der Waals surface area contributed by atoms with Crippen LogP contribution in [-0.4, -0.2) is 28.7 Å². The molecule has 0 fully saturated rings. The van der Waals surface area contributed by atoms with Crippen molar-refractivity contribution in [2.75, 3.05) is 17.7 Å². The number of nitrogens with one attached hydrogen (secondary N) is 2. The number of furan rings is 1. The molecule has 36 heavy (non-hydrogen) atoms. The van der Waals surface area contributed by atoms with E-state index in [0.29, 0.717) is 28.4 Å². The van der Waals surface area contributed by atoms with E-state index in [1.807, 2.05) is 54.6 Å². The van der Waals surface area contributed by atoms with Crippen molar-refractivity contribution in [3.05, 3.63) is 115 Å². The van der Waals surface area contributed by atoms with Crippen molar-refractivity contribution < 1.29 is 18.7 Å². The molecule has 0 aliphatic rings. The number of aromatic nitrogens is 2. The number of amides is 2. The van der Waals surface area contributed by atoms with E-state index in [9.17, 15) is 9.59 Å². The summed E-state index contributed by atoms with van der Waals surface area (Å²) in [6.45, 7) is 0. The summed E-state index contributed by atoms with van der Waals surface area (Å²) in [5, 5.41) is 10.4. The molecule has 0 radical (unpaired) electrons. The van der Waals surface area contributed by atoms with Crippen LogP contribution in [0.3, 0.4) is 0 Å². The summed E-state index contributed by atoms with van der Waals surface area (Å²) in [7, 11) is 1.60. The van der Waals surface area contributed by atoms with E-state index < -0.39 is 0 Å². The molecule has 5 rings (SSSR count). The van der Waals surface area contributed by atoms with Crippen LogP contribution in [0, 0.1) is 0 Å². The second-order valence-electron chi connectivity index (χ2n) is 7.86. The van der Waals surface area contributed by atoms with E-state index in [-0.39, 0.29) is 17.6 Å². The molecule has 0 unspecified atom stereocenters. The number of para-hydroxylation sites is 1. The van der Waals surface area contributed by atoms with Crippen molar-refractivity contribution in [3.63, 3.8) is 0 Å². The van der Waals surface area contributed by atoms with Crippen molar-refractivity contribution in [1.29, 1.82) is 0 Å². The minimum absolute atomic E-state index is 0.217. The molecular weight excluding hydrogens is 456 g/mol. The first-order chi connectivity index (χ1) is 17.6. The summed E-state index contributed by atoms with van der Waals surface area (Å²) in [6.07, 6.45) is 3.15. The van der Waals surface area contributed by atoms with E-state index in [1.54, 1.807) is 54.4 Å². The first-order valence-corrected chi connectivity index (χ1v) is 11.2. The van der Waals surface area contributed by atoms with Gasteiger partial charge in [-0.2, -0.15) is 5.10 Å². The van der Waals surface area contributed by atoms with Crippen LogP contribution in [0.25, 0.3) is 16.9 Å². The minimum Gasteiger partial charge on any atom is -0.497 e. The molecule has 0 spiro atoms. The maximum atomic E-state index is 13.3. The van der Waals surface area contributed by atoms with Gasteiger partial charge in [0.05, 0.1) is 24.6 Å². The maximum absolute atomic E-state index is 13.3. The summed E-state index contributed by atoms with van der Waals surface area (Å²) in [4.78, 5) is 25.5. The van der Waals surface area contributed by atoms with Crippen LogP contribution in [0.15, 0.2) is 108 Å². The Morgan fingerprint density at radius 2 is 1.47 bits per heavy atom. The number of carbonyl (C=O) groups is 2. The SMILES string of the molecule is COc1ccc(-c2nn(-c3ccccc3)cc2C(=O)Nc2ccc(NC(=O)c3ccco3)cc2)cc1. The molecule has 2 heterocycles. The molecule has 8 nitrogen and oxygen atoms in total. The van der Waals surface area contributed by atoms with Gasteiger partial charge in [0.1, 0.15) is 11.4 Å². The predicted octanol–water partition coefficient (Wildman–Crippen LogP) is 5.65. The van der Waals surface area contributed by atoms with E-state index in [0.717, 1.165) is 11.3 Å².